The van der Waals surface area contributed by atoms with E-state index in [2.05, 4.69) is 0 Å². The zero-order valence-corrected chi connectivity index (χ0v) is 16.1. The monoisotopic (exact) mass is 390 g/mol. The van der Waals surface area contributed by atoms with E-state index >= 15 is 0 Å². The molecule has 0 heterocycles. The Labute approximate surface area is 163 Å². The number of carbonyl (C=O) groups is 1. The molecule has 2 atom stereocenters. The third-order valence-corrected chi connectivity index (χ3v) is 5.04. The first kappa shape index (κ1) is 18.8. The number of esters is 1. The number of hydrogen-bond acceptors (Lipinski definition) is 3. The number of halogens is 2. The summed E-state index contributed by atoms with van der Waals surface area (Å²) in [6.45, 7) is 4.16. The van der Waals surface area contributed by atoms with Crippen LogP contribution < -0.4 is 4.74 Å². The van der Waals surface area contributed by atoms with Crippen LogP contribution >= 0.6 is 23.2 Å². The third kappa shape index (κ3) is 4.22. The second kappa shape index (κ2) is 7.73. The van der Waals surface area contributed by atoms with Crippen LogP contribution in [0, 0.1) is 17.3 Å². The molecule has 26 heavy (non-hydrogen) atoms. The van der Waals surface area contributed by atoms with Crippen molar-refractivity contribution < 1.29 is 14.3 Å². The molecule has 0 amide bonds. The summed E-state index contributed by atoms with van der Waals surface area (Å²) < 4.78 is 11.6. The molecule has 136 valence electrons. The van der Waals surface area contributed by atoms with Crippen LogP contribution in [0.5, 0.6) is 11.5 Å². The van der Waals surface area contributed by atoms with Crippen molar-refractivity contribution in [2.75, 3.05) is 0 Å². The lowest BCUT2D eigenvalue weighted by Gasteiger charge is -2.12. The van der Waals surface area contributed by atoms with Crippen molar-refractivity contribution in [3.05, 3.63) is 70.7 Å². The lowest BCUT2D eigenvalue weighted by molar-refractivity contribution is -0.147. The van der Waals surface area contributed by atoms with Crippen LogP contribution in [-0.2, 0) is 16.1 Å². The van der Waals surface area contributed by atoms with Crippen molar-refractivity contribution in [2.45, 2.75) is 20.5 Å². The average Bonchev–Trinajstić information content (AvgIpc) is 3.14. The average molecular weight is 391 g/mol. The Morgan fingerprint density at radius 3 is 2.42 bits per heavy atom. The summed E-state index contributed by atoms with van der Waals surface area (Å²) in [5, 5.41) is 0. The molecule has 5 heteroatoms. The molecule has 0 spiro atoms. The first-order chi connectivity index (χ1) is 12.4. The smallest absolute Gasteiger partial charge is 0.310 e. The molecule has 1 aliphatic rings. The minimum atomic E-state index is -0.250. The molecule has 0 N–H and O–H groups in total. The van der Waals surface area contributed by atoms with Gasteiger partial charge in [0.25, 0.3) is 0 Å². The maximum absolute atomic E-state index is 12.5. The van der Waals surface area contributed by atoms with Crippen LogP contribution in [0.1, 0.15) is 19.4 Å². The van der Waals surface area contributed by atoms with Gasteiger partial charge >= 0.3 is 5.97 Å². The van der Waals surface area contributed by atoms with E-state index in [-0.39, 0.29) is 34.3 Å². The number of hydrogen-bond donors (Lipinski definition) is 0. The maximum Gasteiger partial charge on any atom is 0.310 e. The van der Waals surface area contributed by atoms with Crippen LogP contribution in [0.15, 0.2) is 65.2 Å². The van der Waals surface area contributed by atoms with E-state index in [0.717, 1.165) is 11.3 Å². The van der Waals surface area contributed by atoms with Gasteiger partial charge in [0, 0.05) is 5.56 Å². The van der Waals surface area contributed by atoms with E-state index < -0.39 is 0 Å². The van der Waals surface area contributed by atoms with Gasteiger partial charge in [-0.15, -0.1) is 0 Å². The fourth-order valence-electron chi connectivity index (χ4n) is 3.15. The SMILES string of the molecule is CC1(C)[C@@H](C=C(Cl)Cl)[C@@H]1C(=O)OCc1ccccc1Oc1ccccc1. The van der Waals surface area contributed by atoms with Crippen LogP contribution in [0.4, 0.5) is 0 Å². The number of allylic oxidation sites excluding steroid dienone is 1. The van der Waals surface area contributed by atoms with E-state index in [4.69, 9.17) is 32.7 Å². The first-order valence-corrected chi connectivity index (χ1v) is 9.15. The summed E-state index contributed by atoms with van der Waals surface area (Å²) in [5.74, 6) is 0.909. The molecule has 2 aromatic carbocycles. The highest BCUT2D eigenvalue weighted by atomic mass is 35.5. The van der Waals surface area contributed by atoms with Crippen molar-refractivity contribution in [3.63, 3.8) is 0 Å². The van der Waals surface area contributed by atoms with Gasteiger partial charge < -0.3 is 9.47 Å². The lowest BCUT2D eigenvalue weighted by atomic mass is 10.1. The highest BCUT2D eigenvalue weighted by molar-refractivity contribution is 6.55. The Morgan fingerprint density at radius 1 is 1.08 bits per heavy atom. The number of carbonyl (C=O) groups excluding carboxylic acids is 1. The van der Waals surface area contributed by atoms with E-state index in [0.29, 0.717) is 5.75 Å². The topological polar surface area (TPSA) is 35.5 Å². The van der Waals surface area contributed by atoms with Crippen LogP contribution in [0.3, 0.4) is 0 Å². The van der Waals surface area contributed by atoms with Gasteiger partial charge in [0.1, 0.15) is 22.6 Å². The van der Waals surface area contributed by atoms with Crippen molar-refractivity contribution >= 4 is 29.2 Å². The zero-order valence-electron chi connectivity index (χ0n) is 14.6. The van der Waals surface area contributed by atoms with E-state index in [9.17, 15) is 4.79 Å². The highest BCUT2D eigenvalue weighted by Gasteiger charge is 2.61. The summed E-state index contributed by atoms with van der Waals surface area (Å²) in [5.41, 5.74) is 0.609. The minimum Gasteiger partial charge on any atom is -0.460 e. The molecular formula is C21H20Cl2O3. The first-order valence-electron chi connectivity index (χ1n) is 8.40. The Kier molecular flexibility index (Phi) is 5.59. The van der Waals surface area contributed by atoms with Gasteiger partial charge in [0.05, 0.1) is 5.92 Å². The Hall–Kier alpha value is -1.97. The molecule has 1 fully saturated rings. The molecule has 1 saturated carbocycles. The Morgan fingerprint density at radius 2 is 1.73 bits per heavy atom. The fourth-order valence-corrected chi connectivity index (χ4v) is 3.42. The molecule has 3 nitrogen and oxygen atoms in total. The van der Waals surface area contributed by atoms with Gasteiger partial charge in [-0.3, -0.25) is 4.79 Å². The van der Waals surface area contributed by atoms with Crippen molar-refractivity contribution in [3.8, 4) is 11.5 Å². The number of para-hydroxylation sites is 2. The van der Waals surface area contributed by atoms with E-state index in [1.165, 1.54) is 0 Å². The Bertz CT molecular complexity index is 811. The quantitative estimate of drug-likeness (QED) is 0.557. The zero-order chi connectivity index (χ0) is 18.7. The fraction of sp³-hybridized carbons (Fsp3) is 0.286. The standard InChI is InChI=1S/C21H20Cl2O3/c1-21(2)16(12-18(22)23)19(21)20(24)25-13-14-8-6-7-11-17(14)26-15-9-4-3-5-10-15/h3-12,16,19H,13H2,1-2H3/t16-,19+/m0/s1. The van der Waals surface area contributed by atoms with Crippen molar-refractivity contribution in [1.29, 1.82) is 0 Å². The van der Waals surface area contributed by atoms with Crippen molar-refractivity contribution in [1.82, 2.24) is 0 Å². The third-order valence-electron chi connectivity index (χ3n) is 4.78. The molecule has 0 bridgehead atoms. The summed E-state index contributed by atoms with van der Waals surface area (Å²) in [7, 11) is 0. The van der Waals surface area contributed by atoms with E-state index in [1.54, 1.807) is 6.08 Å². The minimum absolute atomic E-state index is 0.00388. The predicted octanol–water partition coefficient (Wildman–Crippen LogP) is 6.11. The molecule has 0 aliphatic heterocycles. The predicted molar refractivity (Wildman–Crippen MR) is 103 cm³/mol. The van der Waals surface area contributed by atoms with Gasteiger partial charge in [-0.25, -0.2) is 0 Å². The molecule has 2 aromatic rings. The normalized spacial score (nSPS) is 20.2. The summed E-state index contributed by atoms with van der Waals surface area (Å²) in [6, 6.07) is 17.0. The number of rotatable bonds is 6. The molecular weight excluding hydrogens is 371 g/mol. The molecule has 0 aromatic heterocycles. The summed E-state index contributed by atoms with van der Waals surface area (Å²) in [4.78, 5) is 12.5. The molecule has 0 unspecified atom stereocenters. The maximum atomic E-state index is 12.5. The van der Waals surface area contributed by atoms with E-state index in [1.807, 2.05) is 68.4 Å². The van der Waals surface area contributed by atoms with Gasteiger partial charge in [-0.05, 0) is 35.6 Å². The molecule has 1 aliphatic carbocycles. The summed E-state index contributed by atoms with van der Waals surface area (Å²) >= 11 is 11.5. The lowest BCUT2D eigenvalue weighted by Crippen LogP contribution is -2.11. The van der Waals surface area contributed by atoms with Crippen LogP contribution in [0.2, 0.25) is 0 Å². The van der Waals surface area contributed by atoms with Gasteiger partial charge in [-0.1, -0.05) is 73.4 Å². The van der Waals surface area contributed by atoms with Crippen LogP contribution in [0.25, 0.3) is 0 Å². The van der Waals surface area contributed by atoms with Gasteiger partial charge in [0.2, 0.25) is 0 Å². The van der Waals surface area contributed by atoms with Crippen LogP contribution in [-0.4, -0.2) is 5.97 Å². The number of ether oxygens (including phenoxy) is 2. The molecule has 0 radical (unpaired) electrons. The highest BCUT2D eigenvalue weighted by Crippen LogP contribution is 2.60. The second-order valence-electron chi connectivity index (χ2n) is 6.91. The largest absolute Gasteiger partial charge is 0.460 e. The second-order valence-corrected chi connectivity index (χ2v) is 7.92. The van der Waals surface area contributed by atoms with Gasteiger partial charge in [-0.2, -0.15) is 0 Å². The Balaban J connectivity index is 1.65. The molecule has 0 saturated heterocycles. The molecule has 3 rings (SSSR count). The summed E-state index contributed by atoms with van der Waals surface area (Å²) in [6.07, 6.45) is 1.71. The van der Waals surface area contributed by atoms with Gasteiger partial charge in [0.15, 0.2) is 0 Å². The van der Waals surface area contributed by atoms with Crippen molar-refractivity contribution in [2.24, 2.45) is 17.3 Å². The number of benzene rings is 2.